The van der Waals surface area contributed by atoms with Crippen molar-refractivity contribution in [1.82, 2.24) is 0 Å². The molecule has 1 aliphatic rings. The maximum absolute atomic E-state index is 12.5. The molecule has 0 bridgehead atoms. The van der Waals surface area contributed by atoms with Crippen LogP contribution in [0.15, 0.2) is 28.3 Å². The minimum atomic E-state index is -3.76. The number of rotatable bonds is 3. The predicted octanol–water partition coefficient (Wildman–Crippen LogP) is 1.48. The van der Waals surface area contributed by atoms with Gasteiger partial charge < -0.3 is 14.6 Å². The van der Waals surface area contributed by atoms with Crippen LogP contribution in [-0.4, -0.2) is 24.1 Å². The lowest BCUT2D eigenvalue weighted by Gasteiger charge is -2.06. The van der Waals surface area contributed by atoms with Gasteiger partial charge in [0.05, 0.1) is 0 Å². The molecular weight excluding hydrogens is 212 g/mol. The molecule has 0 spiro atoms. The molecule has 1 N–H and O–H groups in total. The van der Waals surface area contributed by atoms with Crippen LogP contribution < -0.4 is 0 Å². The SMILES string of the molecule is C=N/C(=C\C1=C(C)OC(F)(F)O1)C(=O)O. The Bertz CT molecular complexity index is 373. The fourth-order valence-corrected chi connectivity index (χ4v) is 0.880. The Morgan fingerprint density at radius 3 is 2.53 bits per heavy atom. The number of carboxylic acids is 1. The van der Waals surface area contributed by atoms with Crippen molar-refractivity contribution in [2.75, 3.05) is 0 Å². The molecule has 0 aliphatic carbocycles. The first-order chi connectivity index (χ1) is 6.85. The van der Waals surface area contributed by atoms with Gasteiger partial charge in [0.2, 0.25) is 0 Å². The summed E-state index contributed by atoms with van der Waals surface area (Å²) in [6, 6.07) is 0. The number of carbonyl (C=O) groups is 1. The molecule has 0 unspecified atom stereocenters. The van der Waals surface area contributed by atoms with E-state index in [0.29, 0.717) is 0 Å². The Morgan fingerprint density at radius 1 is 1.60 bits per heavy atom. The molecule has 0 saturated heterocycles. The first kappa shape index (κ1) is 11.2. The largest absolute Gasteiger partial charge is 0.585 e. The van der Waals surface area contributed by atoms with Crippen LogP contribution in [0.4, 0.5) is 8.78 Å². The van der Waals surface area contributed by atoms with Gasteiger partial charge in [0, 0.05) is 6.08 Å². The average molecular weight is 219 g/mol. The lowest BCUT2D eigenvalue weighted by Crippen LogP contribution is -2.16. The van der Waals surface area contributed by atoms with E-state index in [-0.39, 0.29) is 11.5 Å². The molecule has 7 heteroatoms. The standard InChI is InChI=1S/C8H7F2NO4/c1-4-6(15-8(9,10)14-4)3-5(11-2)7(12)13/h3H,2H2,1H3,(H,12,13)/b5-3-. The molecule has 0 aromatic heterocycles. The van der Waals surface area contributed by atoms with Crippen LogP contribution >= 0.6 is 0 Å². The van der Waals surface area contributed by atoms with Gasteiger partial charge in [0.1, 0.15) is 5.76 Å². The Morgan fingerprint density at radius 2 is 2.20 bits per heavy atom. The number of hydrogen-bond donors (Lipinski definition) is 1. The van der Waals surface area contributed by atoms with Crippen molar-refractivity contribution >= 4 is 12.7 Å². The van der Waals surface area contributed by atoms with E-state index in [1.54, 1.807) is 0 Å². The van der Waals surface area contributed by atoms with E-state index in [9.17, 15) is 13.6 Å². The van der Waals surface area contributed by atoms with Crippen LogP contribution in [0, 0.1) is 0 Å². The lowest BCUT2D eigenvalue weighted by molar-refractivity contribution is -0.336. The van der Waals surface area contributed by atoms with E-state index in [0.717, 1.165) is 6.08 Å². The first-order valence-electron chi connectivity index (χ1n) is 3.74. The Hall–Kier alpha value is -1.92. The molecule has 0 amide bonds. The zero-order valence-corrected chi connectivity index (χ0v) is 7.66. The highest BCUT2D eigenvalue weighted by Crippen LogP contribution is 2.34. The van der Waals surface area contributed by atoms with Gasteiger partial charge in [-0.25, -0.2) is 4.79 Å². The van der Waals surface area contributed by atoms with Crippen LogP contribution in [0.1, 0.15) is 6.92 Å². The Balaban J connectivity index is 2.96. The van der Waals surface area contributed by atoms with Crippen molar-refractivity contribution in [3.63, 3.8) is 0 Å². The summed E-state index contributed by atoms with van der Waals surface area (Å²) < 4.78 is 33.0. The number of nitrogens with zero attached hydrogens (tertiary/aromatic N) is 1. The van der Waals surface area contributed by atoms with Crippen LogP contribution in [0.3, 0.4) is 0 Å². The van der Waals surface area contributed by atoms with Gasteiger partial charge in [-0.15, -0.1) is 8.78 Å². The number of aliphatic imine (C=N–C) groups is 1. The molecule has 0 radical (unpaired) electrons. The van der Waals surface area contributed by atoms with Crippen molar-refractivity contribution in [1.29, 1.82) is 0 Å². The van der Waals surface area contributed by atoms with Gasteiger partial charge in [-0.3, -0.25) is 4.99 Å². The maximum atomic E-state index is 12.5. The van der Waals surface area contributed by atoms with Gasteiger partial charge in [-0.05, 0) is 13.6 Å². The summed E-state index contributed by atoms with van der Waals surface area (Å²) in [5.74, 6) is -2.00. The molecule has 1 rings (SSSR count). The average Bonchev–Trinajstić information content (AvgIpc) is 2.34. The molecular formula is C8H7F2NO4. The summed E-state index contributed by atoms with van der Waals surface area (Å²) in [6.45, 7) is 4.20. The topological polar surface area (TPSA) is 68.1 Å². The Kier molecular flexibility index (Phi) is 2.74. The van der Waals surface area contributed by atoms with Crippen molar-refractivity contribution in [2.45, 2.75) is 13.2 Å². The van der Waals surface area contributed by atoms with Crippen LogP contribution in [0.25, 0.3) is 0 Å². The number of ether oxygens (including phenoxy) is 2. The summed E-state index contributed by atoms with van der Waals surface area (Å²) in [5.41, 5.74) is -0.509. The summed E-state index contributed by atoms with van der Waals surface area (Å²) >= 11 is 0. The second kappa shape index (κ2) is 3.68. The van der Waals surface area contributed by atoms with E-state index in [2.05, 4.69) is 21.2 Å². The van der Waals surface area contributed by atoms with Crippen molar-refractivity contribution in [2.24, 2.45) is 4.99 Å². The fourth-order valence-electron chi connectivity index (χ4n) is 0.880. The number of hydrogen-bond acceptors (Lipinski definition) is 4. The third kappa shape index (κ3) is 2.52. The highest BCUT2D eigenvalue weighted by molar-refractivity contribution is 5.87. The molecule has 15 heavy (non-hydrogen) atoms. The molecule has 0 atom stereocenters. The normalized spacial score (nSPS) is 19.5. The van der Waals surface area contributed by atoms with E-state index >= 15 is 0 Å². The fraction of sp³-hybridized carbons (Fsp3) is 0.250. The summed E-state index contributed by atoms with van der Waals surface area (Å²) in [5, 5.41) is 8.54. The van der Waals surface area contributed by atoms with Crippen molar-refractivity contribution in [3.8, 4) is 0 Å². The summed E-state index contributed by atoms with van der Waals surface area (Å²) in [7, 11) is 0. The zero-order valence-electron chi connectivity index (χ0n) is 7.66. The maximum Gasteiger partial charge on any atom is 0.585 e. The number of halogens is 2. The number of alkyl halides is 2. The summed E-state index contributed by atoms with van der Waals surface area (Å²) in [4.78, 5) is 13.6. The molecule has 0 aromatic carbocycles. The first-order valence-corrected chi connectivity index (χ1v) is 3.74. The predicted molar refractivity (Wildman–Crippen MR) is 45.1 cm³/mol. The van der Waals surface area contributed by atoms with E-state index < -0.39 is 18.0 Å². The minimum absolute atomic E-state index is 0.220. The quantitative estimate of drug-likeness (QED) is 0.576. The van der Waals surface area contributed by atoms with Crippen LogP contribution in [0.2, 0.25) is 0 Å². The molecule has 82 valence electrons. The molecule has 0 saturated carbocycles. The van der Waals surface area contributed by atoms with Gasteiger partial charge in [-0.2, -0.15) is 0 Å². The number of aliphatic carboxylic acids is 1. The highest BCUT2D eigenvalue weighted by Gasteiger charge is 2.43. The lowest BCUT2D eigenvalue weighted by atomic mass is 10.3. The second-order valence-corrected chi connectivity index (χ2v) is 2.58. The monoisotopic (exact) mass is 219 g/mol. The van der Waals surface area contributed by atoms with E-state index in [1.165, 1.54) is 6.92 Å². The third-order valence-corrected chi connectivity index (χ3v) is 1.50. The van der Waals surface area contributed by atoms with Gasteiger partial charge in [0.25, 0.3) is 0 Å². The summed E-state index contributed by atoms with van der Waals surface area (Å²) in [6.07, 6.45) is -2.95. The zero-order chi connectivity index (χ0) is 11.6. The van der Waals surface area contributed by atoms with Crippen LogP contribution in [0.5, 0.6) is 0 Å². The van der Waals surface area contributed by atoms with Crippen molar-refractivity contribution in [3.05, 3.63) is 23.3 Å². The number of carboxylic acid groups (broad SMARTS) is 1. The molecule has 1 heterocycles. The third-order valence-electron chi connectivity index (χ3n) is 1.50. The molecule has 0 fully saturated rings. The number of allylic oxidation sites excluding steroid dienone is 2. The van der Waals surface area contributed by atoms with E-state index in [1.807, 2.05) is 0 Å². The molecule has 1 aliphatic heterocycles. The Labute approximate surface area is 83.3 Å². The van der Waals surface area contributed by atoms with Crippen LogP contribution in [-0.2, 0) is 14.3 Å². The van der Waals surface area contributed by atoms with Crippen molar-refractivity contribution < 1.29 is 28.2 Å². The molecule has 5 nitrogen and oxygen atoms in total. The van der Waals surface area contributed by atoms with Gasteiger partial charge in [0.15, 0.2) is 11.5 Å². The van der Waals surface area contributed by atoms with Gasteiger partial charge in [-0.1, -0.05) is 0 Å². The van der Waals surface area contributed by atoms with E-state index in [4.69, 9.17) is 5.11 Å². The highest BCUT2D eigenvalue weighted by atomic mass is 19.3. The second-order valence-electron chi connectivity index (χ2n) is 2.58. The van der Waals surface area contributed by atoms with Gasteiger partial charge >= 0.3 is 12.3 Å². The molecule has 0 aromatic rings. The minimum Gasteiger partial charge on any atom is -0.477 e. The smallest absolute Gasteiger partial charge is 0.477 e.